The second-order valence-electron chi connectivity index (χ2n) is 3.82. The SMILES string of the molecule is C[C@@H](NCc1sccc1Br)c1ccccc1Cl. The predicted molar refractivity (Wildman–Crippen MR) is 78.7 cm³/mol. The number of thiophene rings is 1. The number of hydrogen-bond acceptors (Lipinski definition) is 2. The second kappa shape index (κ2) is 6.01. The number of hydrogen-bond donors (Lipinski definition) is 1. The van der Waals surface area contributed by atoms with E-state index in [4.69, 9.17) is 11.6 Å². The van der Waals surface area contributed by atoms with Gasteiger partial charge in [-0.25, -0.2) is 0 Å². The molecule has 1 aromatic heterocycles. The van der Waals surface area contributed by atoms with Crippen molar-refractivity contribution in [2.75, 3.05) is 0 Å². The first-order chi connectivity index (χ1) is 8.18. The van der Waals surface area contributed by atoms with E-state index < -0.39 is 0 Å². The minimum atomic E-state index is 0.248. The Hall–Kier alpha value is -0.350. The van der Waals surface area contributed by atoms with Crippen LogP contribution >= 0.6 is 38.9 Å². The van der Waals surface area contributed by atoms with E-state index in [9.17, 15) is 0 Å². The van der Waals surface area contributed by atoms with Crippen LogP contribution in [0, 0.1) is 0 Å². The van der Waals surface area contributed by atoms with Crippen molar-refractivity contribution in [3.05, 3.63) is 55.6 Å². The first-order valence-electron chi connectivity index (χ1n) is 5.38. The van der Waals surface area contributed by atoms with E-state index >= 15 is 0 Å². The first-order valence-corrected chi connectivity index (χ1v) is 7.43. The zero-order valence-corrected chi connectivity index (χ0v) is 12.6. The predicted octanol–water partition coefficient (Wildman–Crippen LogP) is 5.01. The lowest BCUT2D eigenvalue weighted by Crippen LogP contribution is -2.17. The van der Waals surface area contributed by atoms with Crippen LogP contribution in [-0.2, 0) is 6.54 Å². The van der Waals surface area contributed by atoms with E-state index in [-0.39, 0.29) is 6.04 Å². The average molecular weight is 331 g/mol. The van der Waals surface area contributed by atoms with Crippen molar-refractivity contribution >= 4 is 38.9 Å². The van der Waals surface area contributed by atoms with E-state index in [0.29, 0.717) is 0 Å². The van der Waals surface area contributed by atoms with Crippen molar-refractivity contribution in [1.29, 1.82) is 0 Å². The van der Waals surface area contributed by atoms with Gasteiger partial charge in [0.05, 0.1) is 0 Å². The highest BCUT2D eigenvalue weighted by Crippen LogP contribution is 2.25. The first kappa shape index (κ1) is 13.1. The van der Waals surface area contributed by atoms with Crippen molar-refractivity contribution < 1.29 is 0 Å². The number of halogens is 2. The Bertz CT molecular complexity index is 498. The van der Waals surface area contributed by atoms with Crippen LogP contribution < -0.4 is 5.32 Å². The molecule has 0 radical (unpaired) electrons. The summed E-state index contributed by atoms with van der Waals surface area (Å²) in [7, 11) is 0. The molecule has 0 saturated heterocycles. The average Bonchev–Trinajstić information content (AvgIpc) is 2.72. The Morgan fingerprint density at radius 1 is 1.35 bits per heavy atom. The topological polar surface area (TPSA) is 12.0 Å². The standard InChI is InChI=1S/C13H13BrClNS/c1-9(10-4-2-3-5-12(10)15)16-8-13-11(14)6-7-17-13/h2-7,9,16H,8H2,1H3/t9-/m1/s1. The van der Waals surface area contributed by atoms with Crippen molar-refractivity contribution in [1.82, 2.24) is 5.32 Å². The highest BCUT2D eigenvalue weighted by atomic mass is 79.9. The molecule has 2 aromatic rings. The van der Waals surface area contributed by atoms with Gasteiger partial charge in [-0.1, -0.05) is 29.8 Å². The van der Waals surface area contributed by atoms with Crippen LogP contribution in [0.25, 0.3) is 0 Å². The molecular formula is C13H13BrClNS. The minimum absolute atomic E-state index is 0.248. The summed E-state index contributed by atoms with van der Waals surface area (Å²) in [4.78, 5) is 1.31. The molecule has 0 aliphatic carbocycles. The fraction of sp³-hybridized carbons (Fsp3) is 0.231. The molecule has 0 fully saturated rings. The summed E-state index contributed by atoms with van der Waals surface area (Å²) in [5.41, 5.74) is 1.14. The lowest BCUT2D eigenvalue weighted by molar-refractivity contribution is 0.578. The normalized spacial score (nSPS) is 12.6. The van der Waals surface area contributed by atoms with Crippen LogP contribution in [0.5, 0.6) is 0 Å². The fourth-order valence-corrected chi connectivity index (χ4v) is 3.38. The second-order valence-corrected chi connectivity index (χ2v) is 6.08. The Morgan fingerprint density at radius 3 is 2.76 bits per heavy atom. The summed E-state index contributed by atoms with van der Waals surface area (Å²) in [5.74, 6) is 0. The number of nitrogens with one attached hydrogen (secondary N) is 1. The summed E-state index contributed by atoms with van der Waals surface area (Å²) in [6, 6.07) is 10.3. The van der Waals surface area contributed by atoms with Crippen LogP contribution in [-0.4, -0.2) is 0 Å². The largest absolute Gasteiger partial charge is 0.305 e. The molecular weight excluding hydrogens is 318 g/mol. The molecule has 1 aromatic carbocycles. The summed E-state index contributed by atoms with van der Waals surface area (Å²) in [6.45, 7) is 2.98. The van der Waals surface area contributed by atoms with Gasteiger partial charge in [0, 0.05) is 27.0 Å². The molecule has 17 heavy (non-hydrogen) atoms. The molecule has 1 heterocycles. The highest BCUT2D eigenvalue weighted by Gasteiger charge is 2.09. The minimum Gasteiger partial charge on any atom is -0.305 e. The Labute approximate surface area is 119 Å². The molecule has 1 N–H and O–H groups in total. The van der Waals surface area contributed by atoms with E-state index in [1.54, 1.807) is 11.3 Å². The van der Waals surface area contributed by atoms with Crippen molar-refractivity contribution in [3.63, 3.8) is 0 Å². The molecule has 0 aliphatic heterocycles. The monoisotopic (exact) mass is 329 g/mol. The number of benzene rings is 1. The maximum absolute atomic E-state index is 6.16. The van der Waals surface area contributed by atoms with Gasteiger partial charge in [0.2, 0.25) is 0 Å². The number of rotatable bonds is 4. The van der Waals surface area contributed by atoms with Gasteiger partial charge in [-0.2, -0.15) is 0 Å². The van der Waals surface area contributed by atoms with E-state index in [1.165, 1.54) is 9.35 Å². The molecule has 2 rings (SSSR count). The summed E-state index contributed by atoms with van der Waals surface area (Å²) < 4.78 is 1.17. The van der Waals surface area contributed by atoms with Crippen LogP contribution in [0.4, 0.5) is 0 Å². The van der Waals surface area contributed by atoms with E-state index in [2.05, 4.69) is 45.7 Å². The Morgan fingerprint density at radius 2 is 2.12 bits per heavy atom. The molecule has 1 nitrogen and oxygen atoms in total. The van der Waals surface area contributed by atoms with Crippen LogP contribution in [0.2, 0.25) is 5.02 Å². The smallest absolute Gasteiger partial charge is 0.0453 e. The van der Waals surface area contributed by atoms with Gasteiger partial charge in [-0.15, -0.1) is 11.3 Å². The highest BCUT2D eigenvalue weighted by molar-refractivity contribution is 9.10. The summed E-state index contributed by atoms with van der Waals surface area (Å²) in [5, 5.41) is 6.38. The molecule has 0 aliphatic rings. The Balaban J connectivity index is 2.01. The fourth-order valence-electron chi connectivity index (χ4n) is 1.63. The third-order valence-corrected chi connectivity index (χ3v) is 4.90. The molecule has 0 amide bonds. The van der Waals surface area contributed by atoms with Gasteiger partial charge < -0.3 is 5.32 Å². The molecule has 0 saturated carbocycles. The van der Waals surface area contributed by atoms with Gasteiger partial charge in [0.25, 0.3) is 0 Å². The Kier molecular flexibility index (Phi) is 4.62. The molecule has 0 spiro atoms. The van der Waals surface area contributed by atoms with Gasteiger partial charge in [-0.05, 0) is 45.9 Å². The molecule has 0 unspecified atom stereocenters. The molecule has 1 atom stereocenters. The van der Waals surface area contributed by atoms with Gasteiger partial charge >= 0.3 is 0 Å². The summed E-state index contributed by atoms with van der Waals surface area (Å²) >= 11 is 11.4. The van der Waals surface area contributed by atoms with E-state index in [1.807, 2.05) is 18.2 Å². The van der Waals surface area contributed by atoms with E-state index in [0.717, 1.165) is 17.1 Å². The van der Waals surface area contributed by atoms with Crippen LogP contribution in [0.15, 0.2) is 40.2 Å². The van der Waals surface area contributed by atoms with Gasteiger partial charge in [0.1, 0.15) is 0 Å². The lowest BCUT2D eigenvalue weighted by atomic mass is 10.1. The zero-order valence-electron chi connectivity index (χ0n) is 9.41. The maximum Gasteiger partial charge on any atom is 0.0453 e. The van der Waals surface area contributed by atoms with Crippen molar-refractivity contribution in [2.45, 2.75) is 19.5 Å². The zero-order chi connectivity index (χ0) is 12.3. The van der Waals surface area contributed by atoms with Crippen molar-refractivity contribution in [3.8, 4) is 0 Å². The van der Waals surface area contributed by atoms with Crippen molar-refractivity contribution in [2.24, 2.45) is 0 Å². The quantitative estimate of drug-likeness (QED) is 0.830. The third-order valence-electron chi connectivity index (χ3n) is 2.63. The molecule has 0 bridgehead atoms. The van der Waals surface area contributed by atoms with Crippen LogP contribution in [0.3, 0.4) is 0 Å². The van der Waals surface area contributed by atoms with Gasteiger partial charge in [0.15, 0.2) is 0 Å². The summed E-state index contributed by atoms with van der Waals surface area (Å²) in [6.07, 6.45) is 0. The molecule has 4 heteroatoms. The third kappa shape index (κ3) is 3.32. The maximum atomic E-state index is 6.16. The van der Waals surface area contributed by atoms with Crippen LogP contribution in [0.1, 0.15) is 23.4 Å². The van der Waals surface area contributed by atoms with Gasteiger partial charge in [-0.3, -0.25) is 0 Å². The molecule has 90 valence electrons. The lowest BCUT2D eigenvalue weighted by Gasteiger charge is -2.15.